The van der Waals surface area contributed by atoms with E-state index in [1.165, 1.54) is 29.2 Å². The molecule has 3 aromatic rings. The summed E-state index contributed by atoms with van der Waals surface area (Å²) in [7, 11) is 0. The van der Waals surface area contributed by atoms with Gasteiger partial charge in [-0.15, -0.1) is 13.2 Å². The number of urea groups is 1. The van der Waals surface area contributed by atoms with Gasteiger partial charge in [0, 0.05) is 29.1 Å². The Labute approximate surface area is 316 Å². The number of Topliss-reactive ketones (excluding diaryl/α,β-unsaturated/α-hetero) is 1. The smallest absolute Gasteiger partial charge is 0.406 e. The molecule has 0 aliphatic heterocycles. The van der Waals surface area contributed by atoms with Gasteiger partial charge in [0.25, 0.3) is 0 Å². The van der Waals surface area contributed by atoms with E-state index in [-0.39, 0.29) is 36.5 Å². The minimum absolute atomic E-state index is 0.0233. The zero-order valence-corrected chi connectivity index (χ0v) is 31.3. The van der Waals surface area contributed by atoms with E-state index in [1.807, 2.05) is 24.3 Å². The van der Waals surface area contributed by atoms with Crippen molar-refractivity contribution in [3.05, 3.63) is 107 Å². The third-order valence-electron chi connectivity index (χ3n) is 12.2. The molecule has 0 saturated heterocycles. The lowest BCUT2D eigenvalue weighted by atomic mass is 9.64. The second-order valence-corrected chi connectivity index (χ2v) is 16.0. The molecule has 0 aromatic heterocycles. The number of fused-ring (bicyclic) bond motifs is 8. The maximum atomic E-state index is 14.4. The lowest BCUT2D eigenvalue weighted by Crippen LogP contribution is -2.54. The maximum absolute atomic E-state index is 14.4. The number of halogens is 3. The molecule has 4 aliphatic rings. The van der Waals surface area contributed by atoms with Gasteiger partial charge >= 0.3 is 12.4 Å². The number of hydrogen-bond acceptors (Lipinski definition) is 5. The summed E-state index contributed by atoms with van der Waals surface area (Å²) >= 11 is 0. The number of aliphatic hydroxyl groups excluding tert-OH is 1. The highest BCUT2D eigenvalue weighted by atomic mass is 19.4. The van der Waals surface area contributed by atoms with Crippen molar-refractivity contribution in [3.8, 4) is 5.75 Å². The number of nitrogens with zero attached hydrogens (tertiary/aromatic N) is 1. The third-order valence-corrected chi connectivity index (χ3v) is 12.2. The Morgan fingerprint density at radius 2 is 1.67 bits per heavy atom. The second kappa shape index (κ2) is 16.7. The van der Waals surface area contributed by atoms with Gasteiger partial charge < -0.3 is 25.2 Å². The van der Waals surface area contributed by atoms with Crippen LogP contribution in [0.5, 0.6) is 5.75 Å². The number of carbonyl (C=O) groups excluding carboxylic acids is 2. The lowest BCUT2D eigenvalue weighted by molar-refractivity contribution is -0.274. The zero-order valence-electron chi connectivity index (χ0n) is 31.3. The minimum atomic E-state index is -4.83. The molecule has 0 radical (unpaired) electrons. The summed E-state index contributed by atoms with van der Waals surface area (Å²) < 4.78 is 42.7. The molecule has 2 amide bonds. The lowest BCUT2D eigenvalue weighted by Gasteiger charge is -2.46. The van der Waals surface area contributed by atoms with Crippen molar-refractivity contribution in [2.24, 2.45) is 11.3 Å². The van der Waals surface area contributed by atoms with Crippen molar-refractivity contribution >= 4 is 17.5 Å². The molecule has 0 unspecified atom stereocenters. The number of rotatable bonds is 8. The molecule has 7 nitrogen and oxygen atoms in total. The van der Waals surface area contributed by atoms with Crippen molar-refractivity contribution < 1.29 is 37.7 Å². The van der Waals surface area contributed by atoms with Gasteiger partial charge in [0.1, 0.15) is 5.75 Å². The van der Waals surface area contributed by atoms with Gasteiger partial charge in [-0.1, -0.05) is 80.3 Å². The first-order valence-corrected chi connectivity index (χ1v) is 19.4. The Balaban J connectivity index is 1.38. The van der Waals surface area contributed by atoms with Crippen LogP contribution in [0.4, 0.5) is 23.7 Å². The van der Waals surface area contributed by atoms with E-state index in [2.05, 4.69) is 30.0 Å². The molecule has 54 heavy (non-hydrogen) atoms. The molecule has 290 valence electrons. The van der Waals surface area contributed by atoms with Crippen molar-refractivity contribution in [1.29, 1.82) is 0 Å². The molecule has 2 saturated carbocycles. The Hall–Kier alpha value is -4.15. The van der Waals surface area contributed by atoms with Gasteiger partial charge in [0.15, 0.2) is 5.78 Å². The molecule has 2 fully saturated rings. The number of ketones is 1. The van der Waals surface area contributed by atoms with Crippen LogP contribution in [-0.2, 0) is 13.0 Å². The van der Waals surface area contributed by atoms with Crippen LogP contribution < -0.4 is 10.1 Å². The quantitative estimate of drug-likeness (QED) is 0.158. The van der Waals surface area contributed by atoms with Gasteiger partial charge in [-0.3, -0.25) is 4.79 Å². The molecule has 4 aliphatic carbocycles. The summed E-state index contributed by atoms with van der Waals surface area (Å²) in [6.07, 6.45) is 5.74. The number of ether oxygens (including phenoxy) is 1. The van der Waals surface area contributed by atoms with Crippen LogP contribution >= 0.6 is 0 Å². The van der Waals surface area contributed by atoms with Crippen LogP contribution in [-0.4, -0.2) is 51.5 Å². The normalized spacial score (nSPS) is 25.3. The maximum Gasteiger partial charge on any atom is 0.573 e. The number of para-hydroxylation sites is 1. The Bertz CT molecular complexity index is 1790. The van der Waals surface area contributed by atoms with E-state index in [0.29, 0.717) is 55.3 Å². The van der Waals surface area contributed by atoms with E-state index in [9.17, 15) is 33.0 Å². The molecule has 2 bridgehead atoms. The minimum Gasteiger partial charge on any atom is -0.406 e. The average Bonchev–Trinajstić information content (AvgIpc) is 3.39. The number of carbonyl (C=O) groups is 2. The number of anilines is 1. The number of nitrogens with one attached hydrogen (secondary N) is 1. The number of benzene rings is 3. The van der Waals surface area contributed by atoms with Crippen LogP contribution in [0.15, 0.2) is 84.4 Å². The Morgan fingerprint density at radius 3 is 2.37 bits per heavy atom. The van der Waals surface area contributed by atoms with Crippen LogP contribution in [0.1, 0.15) is 117 Å². The second-order valence-electron chi connectivity index (χ2n) is 16.0. The van der Waals surface area contributed by atoms with Crippen molar-refractivity contribution in [3.63, 3.8) is 0 Å². The first-order valence-electron chi connectivity index (χ1n) is 19.4. The number of amides is 2. The molecular formula is C44H53F3N2O5. The fraction of sp³-hybridized carbons (Fsp3) is 0.500. The summed E-state index contributed by atoms with van der Waals surface area (Å²) in [6, 6.07) is 20.0. The van der Waals surface area contributed by atoms with Crippen LogP contribution in [0.2, 0.25) is 0 Å². The molecule has 0 heterocycles. The largest absolute Gasteiger partial charge is 0.573 e. The van der Waals surface area contributed by atoms with Gasteiger partial charge in [0.2, 0.25) is 0 Å². The molecule has 0 spiro atoms. The van der Waals surface area contributed by atoms with Crippen LogP contribution in [0, 0.1) is 11.3 Å². The van der Waals surface area contributed by atoms with Gasteiger partial charge in [-0.05, 0) is 118 Å². The molecular weight excluding hydrogens is 693 g/mol. The standard InChI is InChI=1S/C44H53F3N2O5/c1-30-10-9-24-42(2)39(37-22-18-32(26-35(50)19-15-30)27-38(37)40(51)33-11-5-3-6-12-33)23-25-43(42,53)29-49(41(52)48-34-13-7-4-8-14-34)28-31-16-20-36(21-17-31)54-44(45,46)47/h4,7-8,10,13-14,16-18,20-22,27,33,35,39,50,53H,3,5-6,9,11-12,15,19,23-26,28-29H2,1-2H3,(H,48,52)/t35-,39-,42-,43+/m0/s1. The van der Waals surface area contributed by atoms with E-state index in [0.717, 1.165) is 55.2 Å². The summed E-state index contributed by atoms with van der Waals surface area (Å²) in [5, 5.41) is 26.9. The first kappa shape index (κ1) is 39.5. The topological polar surface area (TPSA) is 99.1 Å². The fourth-order valence-electron chi connectivity index (χ4n) is 9.05. The van der Waals surface area contributed by atoms with Gasteiger partial charge in [-0.25, -0.2) is 4.79 Å². The molecule has 10 heteroatoms. The van der Waals surface area contributed by atoms with Gasteiger partial charge in [0.05, 0.1) is 18.2 Å². The highest BCUT2D eigenvalue weighted by Crippen LogP contribution is 2.59. The van der Waals surface area contributed by atoms with Crippen molar-refractivity contribution in [2.45, 2.75) is 121 Å². The number of hydrogen-bond donors (Lipinski definition) is 3. The monoisotopic (exact) mass is 746 g/mol. The Morgan fingerprint density at radius 1 is 0.944 bits per heavy atom. The molecule has 3 N–H and O–H groups in total. The highest BCUT2D eigenvalue weighted by molar-refractivity contribution is 5.99. The average molecular weight is 747 g/mol. The fourth-order valence-corrected chi connectivity index (χ4v) is 9.05. The van der Waals surface area contributed by atoms with Crippen molar-refractivity contribution in [2.75, 3.05) is 11.9 Å². The molecule has 4 atom stereocenters. The number of aliphatic hydroxyl groups is 2. The van der Waals surface area contributed by atoms with E-state index in [1.54, 1.807) is 24.3 Å². The summed E-state index contributed by atoms with van der Waals surface area (Å²) in [5.74, 6) is -0.473. The molecule has 3 aromatic carbocycles. The van der Waals surface area contributed by atoms with Crippen LogP contribution in [0.25, 0.3) is 0 Å². The Kier molecular flexibility index (Phi) is 12.2. The summed E-state index contributed by atoms with van der Waals surface area (Å²) in [6.45, 7) is 4.13. The van der Waals surface area contributed by atoms with Gasteiger partial charge in [-0.2, -0.15) is 0 Å². The highest BCUT2D eigenvalue weighted by Gasteiger charge is 2.57. The number of allylic oxidation sites excluding steroid dienone is 2. The predicted molar refractivity (Wildman–Crippen MR) is 203 cm³/mol. The molecule has 7 rings (SSSR count). The SMILES string of the molecule is CC1=CCC[C@@]2(C)[C@@H](CC[C@@]2(O)CN(Cc2ccc(OC(F)(F)F)cc2)C(=O)Nc2ccccc2)c2ccc(cc2C(=O)C2CCCCC2)C[C@@H](O)CC1. The third kappa shape index (κ3) is 9.37. The summed E-state index contributed by atoms with van der Waals surface area (Å²) in [4.78, 5) is 30.0. The van der Waals surface area contributed by atoms with E-state index < -0.39 is 29.5 Å². The van der Waals surface area contributed by atoms with E-state index >= 15 is 0 Å². The number of alkyl halides is 3. The van der Waals surface area contributed by atoms with Crippen LogP contribution in [0.3, 0.4) is 0 Å². The van der Waals surface area contributed by atoms with Crippen molar-refractivity contribution in [1.82, 2.24) is 4.90 Å². The first-order chi connectivity index (χ1) is 25.7. The summed E-state index contributed by atoms with van der Waals surface area (Å²) in [5.41, 5.74) is 2.68. The zero-order chi connectivity index (χ0) is 38.5. The van der Waals surface area contributed by atoms with E-state index in [4.69, 9.17) is 0 Å². The predicted octanol–water partition coefficient (Wildman–Crippen LogP) is 10.1.